The van der Waals surface area contributed by atoms with Crippen LogP contribution in [-0.4, -0.2) is 19.6 Å². The van der Waals surface area contributed by atoms with Crippen LogP contribution in [0, 0.1) is 0 Å². The van der Waals surface area contributed by atoms with Gasteiger partial charge in [-0.15, -0.1) is 0 Å². The molecule has 110 valence electrons. The van der Waals surface area contributed by atoms with Gasteiger partial charge in [0.25, 0.3) is 0 Å². The predicted molar refractivity (Wildman–Crippen MR) is 84.5 cm³/mol. The van der Waals surface area contributed by atoms with E-state index in [1.807, 2.05) is 61.5 Å². The van der Waals surface area contributed by atoms with Gasteiger partial charge in [-0.2, -0.15) is 0 Å². The maximum absolute atomic E-state index is 11.9. The van der Waals surface area contributed by atoms with E-state index >= 15 is 0 Å². The lowest BCUT2D eigenvalue weighted by atomic mass is 10.1. The molecule has 0 aliphatic heterocycles. The molecule has 1 unspecified atom stereocenters. The normalized spacial score (nSPS) is 11.5. The van der Waals surface area contributed by atoms with Gasteiger partial charge in [0.05, 0.1) is 19.7 Å². The number of rotatable bonds is 6. The third-order valence-electron chi connectivity index (χ3n) is 3.20. The molecule has 0 aromatic heterocycles. The van der Waals surface area contributed by atoms with E-state index in [9.17, 15) is 4.79 Å². The fourth-order valence-electron chi connectivity index (χ4n) is 2.03. The van der Waals surface area contributed by atoms with E-state index in [-0.39, 0.29) is 18.5 Å². The standard InChI is InChI=1S/C17H20N2O2/c1-13(14-7-4-3-5-8-14)19-17(20)12-18-15-9-6-10-16(11-15)21-2/h3-11,13,18H,12H2,1-2H3,(H,19,20). The molecule has 2 N–H and O–H groups in total. The smallest absolute Gasteiger partial charge is 0.239 e. The number of hydrogen-bond acceptors (Lipinski definition) is 3. The Bertz CT molecular complexity index is 584. The molecule has 0 aliphatic rings. The molecule has 21 heavy (non-hydrogen) atoms. The number of benzene rings is 2. The Morgan fingerprint density at radius 3 is 2.62 bits per heavy atom. The van der Waals surface area contributed by atoms with E-state index in [4.69, 9.17) is 4.74 Å². The molecule has 0 fully saturated rings. The number of methoxy groups -OCH3 is 1. The highest BCUT2D eigenvalue weighted by Gasteiger charge is 2.08. The summed E-state index contributed by atoms with van der Waals surface area (Å²) in [4.78, 5) is 11.9. The largest absolute Gasteiger partial charge is 0.497 e. The van der Waals surface area contributed by atoms with Crippen LogP contribution < -0.4 is 15.4 Å². The van der Waals surface area contributed by atoms with Crippen molar-refractivity contribution in [1.29, 1.82) is 0 Å². The average Bonchev–Trinajstić information content (AvgIpc) is 2.54. The van der Waals surface area contributed by atoms with Crippen LogP contribution in [0.15, 0.2) is 54.6 Å². The van der Waals surface area contributed by atoms with E-state index in [0.29, 0.717) is 0 Å². The molecule has 4 nitrogen and oxygen atoms in total. The summed E-state index contributed by atoms with van der Waals surface area (Å²) in [7, 11) is 1.62. The zero-order valence-electron chi connectivity index (χ0n) is 12.3. The van der Waals surface area contributed by atoms with Gasteiger partial charge in [0.2, 0.25) is 5.91 Å². The lowest BCUT2D eigenvalue weighted by Gasteiger charge is -2.15. The molecule has 1 atom stereocenters. The second kappa shape index (κ2) is 7.33. The number of ether oxygens (including phenoxy) is 1. The summed E-state index contributed by atoms with van der Waals surface area (Å²) in [6.45, 7) is 2.20. The first-order valence-electron chi connectivity index (χ1n) is 6.91. The summed E-state index contributed by atoms with van der Waals surface area (Å²) in [5.41, 5.74) is 1.95. The number of carbonyl (C=O) groups is 1. The van der Waals surface area contributed by atoms with Crippen molar-refractivity contribution in [2.45, 2.75) is 13.0 Å². The summed E-state index contributed by atoms with van der Waals surface area (Å²) >= 11 is 0. The summed E-state index contributed by atoms with van der Waals surface area (Å²) in [6.07, 6.45) is 0. The number of carbonyl (C=O) groups excluding carboxylic acids is 1. The molecule has 0 heterocycles. The van der Waals surface area contributed by atoms with Crippen molar-refractivity contribution in [2.75, 3.05) is 19.0 Å². The minimum atomic E-state index is -0.0471. The van der Waals surface area contributed by atoms with Gasteiger partial charge < -0.3 is 15.4 Å². The Morgan fingerprint density at radius 1 is 1.14 bits per heavy atom. The molecule has 2 rings (SSSR count). The SMILES string of the molecule is COc1cccc(NCC(=O)NC(C)c2ccccc2)c1. The summed E-state index contributed by atoms with van der Waals surface area (Å²) in [5, 5.41) is 6.05. The third kappa shape index (κ3) is 4.53. The Kier molecular flexibility index (Phi) is 5.21. The monoisotopic (exact) mass is 284 g/mol. The van der Waals surface area contributed by atoms with Crippen LogP contribution in [0.3, 0.4) is 0 Å². The highest BCUT2D eigenvalue weighted by molar-refractivity contribution is 5.81. The first-order chi connectivity index (χ1) is 10.2. The van der Waals surface area contributed by atoms with Crippen molar-refractivity contribution in [2.24, 2.45) is 0 Å². The molecule has 1 amide bonds. The van der Waals surface area contributed by atoms with Gasteiger partial charge in [0.1, 0.15) is 5.75 Å². The second-order valence-corrected chi connectivity index (χ2v) is 4.79. The van der Waals surface area contributed by atoms with Crippen molar-refractivity contribution in [3.05, 3.63) is 60.2 Å². The van der Waals surface area contributed by atoms with E-state index in [1.54, 1.807) is 7.11 Å². The highest BCUT2D eigenvalue weighted by atomic mass is 16.5. The second-order valence-electron chi connectivity index (χ2n) is 4.79. The lowest BCUT2D eigenvalue weighted by Crippen LogP contribution is -2.32. The number of anilines is 1. The maximum atomic E-state index is 11.9. The minimum absolute atomic E-state index is 0.00851. The molecular formula is C17H20N2O2. The fraction of sp³-hybridized carbons (Fsp3) is 0.235. The highest BCUT2D eigenvalue weighted by Crippen LogP contribution is 2.16. The van der Waals surface area contributed by atoms with Gasteiger partial charge in [-0.3, -0.25) is 4.79 Å². The summed E-state index contributed by atoms with van der Waals surface area (Å²) < 4.78 is 5.14. The third-order valence-corrected chi connectivity index (χ3v) is 3.20. The van der Waals surface area contributed by atoms with E-state index in [2.05, 4.69) is 10.6 Å². The Labute approximate surface area is 125 Å². The van der Waals surface area contributed by atoms with Crippen molar-refractivity contribution in [3.8, 4) is 5.75 Å². The van der Waals surface area contributed by atoms with E-state index in [1.165, 1.54) is 0 Å². The Balaban J connectivity index is 1.84. The van der Waals surface area contributed by atoms with Crippen LogP contribution in [0.5, 0.6) is 5.75 Å². The van der Waals surface area contributed by atoms with Crippen LogP contribution in [0.1, 0.15) is 18.5 Å². The fourth-order valence-corrected chi connectivity index (χ4v) is 2.03. The Hall–Kier alpha value is -2.49. The van der Waals surface area contributed by atoms with Gasteiger partial charge in [-0.25, -0.2) is 0 Å². The van der Waals surface area contributed by atoms with Crippen molar-refractivity contribution in [3.63, 3.8) is 0 Å². The maximum Gasteiger partial charge on any atom is 0.239 e. The molecule has 0 saturated carbocycles. The van der Waals surface area contributed by atoms with Crippen molar-refractivity contribution < 1.29 is 9.53 Å². The van der Waals surface area contributed by atoms with Gasteiger partial charge in [-0.1, -0.05) is 36.4 Å². The van der Waals surface area contributed by atoms with E-state index < -0.39 is 0 Å². The zero-order valence-corrected chi connectivity index (χ0v) is 12.3. The number of amides is 1. The lowest BCUT2D eigenvalue weighted by molar-refractivity contribution is -0.120. The van der Waals surface area contributed by atoms with Gasteiger partial charge in [0.15, 0.2) is 0 Å². The topological polar surface area (TPSA) is 50.4 Å². The molecule has 0 spiro atoms. The first kappa shape index (κ1) is 14.9. The average molecular weight is 284 g/mol. The van der Waals surface area contributed by atoms with Gasteiger partial charge >= 0.3 is 0 Å². The minimum Gasteiger partial charge on any atom is -0.497 e. The predicted octanol–water partition coefficient (Wildman–Crippen LogP) is 2.98. The van der Waals surface area contributed by atoms with Gasteiger partial charge in [0, 0.05) is 11.8 Å². The molecule has 0 radical (unpaired) electrons. The summed E-state index contributed by atoms with van der Waals surface area (Å²) in [6, 6.07) is 17.4. The van der Waals surface area contributed by atoms with Crippen molar-refractivity contribution in [1.82, 2.24) is 5.32 Å². The molecule has 4 heteroatoms. The van der Waals surface area contributed by atoms with Gasteiger partial charge in [-0.05, 0) is 24.6 Å². The van der Waals surface area contributed by atoms with E-state index in [0.717, 1.165) is 17.0 Å². The van der Waals surface area contributed by atoms with Crippen molar-refractivity contribution >= 4 is 11.6 Å². The number of hydrogen-bond donors (Lipinski definition) is 2. The first-order valence-corrected chi connectivity index (χ1v) is 6.91. The molecule has 0 bridgehead atoms. The number of nitrogens with one attached hydrogen (secondary N) is 2. The zero-order chi connectivity index (χ0) is 15.1. The molecule has 2 aromatic rings. The van der Waals surface area contributed by atoms with Crippen LogP contribution in [0.2, 0.25) is 0 Å². The van der Waals surface area contributed by atoms with Crippen LogP contribution in [0.4, 0.5) is 5.69 Å². The molecule has 0 saturated heterocycles. The van der Waals surface area contributed by atoms with Crippen LogP contribution in [0.25, 0.3) is 0 Å². The van der Waals surface area contributed by atoms with Crippen LogP contribution in [-0.2, 0) is 4.79 Å². The van der Waals surface area contributed by atoms with Crippen LogP contribution >= 0.6 is 0 Å². The molecule has 0 aliphatic carbocycles. The summed E-state index contributed by atoms with van der Waals surface area (Å²) in [5.74, 6) is 0.715. The molecule has 2 aromatic carbocycles. The Morgan fingerprint density at radius 2 is 1.90 bits per heavy atom. The molecular weight excluding hydrogens is 264 g/mol. The quantitative estimate of drug-likeness (QED) is 0.857.